The van der Waals surface area contributed by atoms with Gasteiger partial charge in [0.05, 0.1) is 5.69 Å². The van der Waals surface area contributed by atoms with Gasteiger partial charge in [-0.05, 0) is 63.3 Å². The highest BCUT2D eigenvalue weighted by molar-refractivity contribution is 6.02. The highest BCUT2D eigenvalue weighted by atomic mass is 19.1. The van der Waals surface area contributed by atoms with E-state index in [4.69, 9.17) is 0 Å². The second-order valence-electron chi connectivity index (χ2n) is 7.60. The molecule has 1 fully saturated rings. The van der Waals surface area contributed by atoms with Gasteiger partial charge in [0, 0.05) is 30.4 Å². The van der Waals surface area contributed by atoms with Crippen molar-refractivity contribution in [1.29, 1.82) is 0 Å². The van der Waals surface area contributed by atoms with Crippen molar-refractivity contribution in [3.05, 3.63) is 52.1 Å². The molecule has 3 rings (SSSR count). The fraction of sp³-hybridized carbons (Fsp3) is 0.455. The van der Waals surface area contributed by atoms with E-state index in [1.807, 2.05) is 31.7 Å². The monoisotopic (exact) mass is 385 g/mol. The third-order valence-corrected chi connectivity index (χ3v) is 5.42. The molecular weight excluding hydrogens is 357 g/mol. The minimum atomic E-state index is -0.239. The molecule has 0 spiro atoms. The van der Waals surface area contributed by atoms with Crippen LogP contribution >= 0.6 is 0 Å². The van der Waals surface area contributed by atoms with Gasteiger partial charge in [0.25, 0.3) is 5.91 Å². The molecule has 0 aliphatic carbocycles. The molecule has 0 bridgehead atoms. The zero-order valence-electron chi connectivity index (χ0n) is 17.0. The number of rotatable bonds is 5. The highest BCUT2D eigenvalue weighted by Gasteiger charge is 2.27. The maximum Gasteiger partial charge on any atom is 0.268 e. The van der Waals surface area contributed by atoms with Crippen LogP contribution in [0.2, 0.25) is 0 Å². The standard InChI is InChI=1S/C22H28FN3O2/c1-5-17-20(15(4)27)14(3)24-21(17)22(28)25-16-7-6-10-26(12-16)19-11-13(2)8-9-18(19)23/h8-9,11,16,24H,5-7,10,12H2,1-4H3,(H,25,28). The molecule has 6 heteroatoms. The van der Waals surface area contributed by atoms with E-state index in [1.165, 1.54) is 13.0 Å². The number of H-pyrrole nitrogens is 1. The number of benzene rings is 1. The lowest BCUT2D eigenvalue weighted by Crippen LogP contribution is -2.48. The molecule has 1 amide bonds. The maximum atomic E-state index is 14.3. The van der Waals surface area contributed by atoms with Gasteiger partial charge in [0.1, 0.15) is 11.5 Å². The van der Waals surface area contributed by atoms with E-state index in [2.05, 4.69) is 10.3 Å². The van der Waals surface area contributed by atoms with E-state index >= 15 is 0 Å². The Hall–Kier alpha value is -2.63. The van der Waals surface area contributed by atoms with Crippen LogP contribution in [0.3, 0.4) is 0 Å². The molecule has 1 aromatic heterocycles. The SMILES string of the molecule is CCc1c(C(=O)NC2CCCN(c3cc(C)ccc3F)C2)[nH]c(C)c1C(C)=O. The van der Waals surface area contributed by atoms with Crippen LogP contribution in [-0.4, -0.2) is 35.8 Å². The first-order valence-electron chi connectivity index (χ1n) is 9.86. The number of nitrogens with one attached hydrogen (secondary N) is 2. The number of nitrogens with zero attached hydrogens (tertiary/aromatic N) is 1. The number of Topliss-reactive ketones (excluding diaryl/α,β-unsaturated/α-hetero) is 1. The van der Waals surface area contributed by atoms with E-state index in [-0.39, 0.29) is 23.5 Å². The third kappa shape index (κ3) is 3.96. The summed E-state index contributed by atoms with van der Waals surface area (Å²) in [4.78, 5) is 29.9. The molecule has 0 saturated carbocycles. The molecular formula is C22H28FN3O2. The largest absolute Gasteiger partial charge is 0.367 e. The lowest BCUT2D eigenvalue weighted by atomic mass is 10.0. The Kier molecular flexibility index (Phi) is 5.87. The van der Waals surface area contributed by atoms with Gasteiger partial charge in [-0.2, -0.15) is 0 Å². The second kappa shape index (κ2) is 8.17. The van der Waals surface area contributed by atoms with Crippen LogP contribution in [0.4, 0.5) is 10.1 Å². The van der Waals surface area contributed by atoms with Crippen molar-refractivity contribution in [2.45, 2.75) is 53.0 Å². The van der Waals surface area contributed by atoms with Crippen molar-refractivity contribution >= 4 is 17.4 Å². The minimum Gasteiger partial charge on any atom is -0.367 e. The van der Waals surface area contributed by atoms with Crippen LogP contribution in [0.1, 0.15) is 64.4 Å². The van der Waals surface area contributed by atoms with Gasteiger partial charge in [0.15, 0.2) is 5.78 Å². The number of ketones is 1. The van der Waals surface area contributed by atoms with Crippen LogP contribution in [0.5, 0.6) is 0 Å². The van der Waals surface area contributed by atoms with Crippen LogP contribution in [0.25, 0.3) is 0 Å². The molecule has 28 heavy (non-hydrogen) atoms. The molecule has 2 heterocycles. The number of carbonyl (C=O) groups is 2. The minimum absolute atomic E-state index is 0.0385. The van der Waals surface area contributed by atoms with E-state index in [1.54, 1.807) is 6.07 Å². The fourth-order valence-electron chi connectivity index (χ4n) is 4.14. The molecule has 1 aliphatic rings. The predicted octanol–water partition coefficient (Wildman–Crippen LogP) is 3.93. The molecule has 150 valence electrons. The molecule has 1 atom stereocenters. The molecule has 1 aromatic carbocycles. The lowest BCUT2D eigenvalue weighted by Gasteiger charge is -2.35. The Morgan fingerprint density at radius 2 is 2.07 bits per heavy atom. The van der Waals surface area contributed by atoms with E-state index in [0.29, 0.717) is 29.9 Å². The summed E-state index contributed by atoms with van der Waals surface area (Å²) in [6, 6.07) is 5.03. The first kappa shape index (κ1) is 20.1. The number of halogens is 1. The number of piperidine rings is 1. The molecule has 1 aliphatic heterocycles. The highest BCUT2D eigenvalue weighted by Crippen LogP contribution is 2.25. The molecule has 5 nitrogen and oxygen atoms in total. The van der Waals surface area contributed by atoms with E-state index < -0.39 is 0 Å². The first-order chi connectivity index (χ1) is 13.3. The summed E-state index contributed by atoms with van der Waals surface area (Å²) in [5.41, 5.74) is 4.15. The van der Waals surface area contributed by atoms with Crippen LogP contribution in [-0.2, 0) is 6.42 Å². The maximum absolute atomic E-state index is 14.3. The Balaban J connectivity index is 1.77. The molecule has 2 aromatic rings. The van der Waals surface area contributed by atoms with Crippen molar-refractivity contribution in [3.63, 3.8) is 0 Å². The van der Waals surface area contributed by atoms with Crippen molar-refractivity contribution in [3.8, 4) is 0 Å². The smallest absolute Gasteiger partial charge is 0.268 e. The van der Waals surface area contributed by atoms with E-state index in [9.17, 15) is 14.0 Å². The Morgan fingerprint density at radius 3 is 2.75 bits per heavy atom. The van der Waals surface area contributed by atoms with Gasteiger partial charge < -0.3 is 15.2 Å². The summed E-state index contributed by atoms with van der Waals surface area (Å²) >= 11 is 0. The first-order valence-corrected chi connectivity index (χ1v) is 9.86. The van der Waals surface area contributed by atoms with Crippen molar-refractivity contribution in [2.24, 2.45) is 0 Å². The Morgan fingerprint density at radius 1 is 1.32 bits per heavy atom. The molecule has 2 N–H and O–H groups in total. The summed E-state index contributed by atoms with van der Waals surface area (Å²) in [7, 11) is 0. The fourth-order valence-corrected chi connectivity index (χ4v) is 4.14. The number of aromatic amines is 1. The summed E-state index contributed by atoms with van der Waals surface area (Å²) in [5, 5.41) is 3.08. The van der Waals surface area contributed by atoms with E-state index in [0.717, 1.165) is 36.2 Å². The Labute approximate surface area is 165 Å². The van der Waals surface area contributed by atoms with Gasteiger partial charge in [-0.25, -0.2) is 4.39 Å². The quantitative estimate of drug-likeness (QED) is 0.767. The molecule has 0 radical (unpaired) electrons. The number of hydrogen-bond donors (Lipinski definition) is 2. The summed E-state index contributed by atoms with van der Waals surface area (Å²) < 4.78 is 14.3. The second-order valence-corrected chi connectivity index (χ2v) is 7.60. The van der Waals surface area contributed by atoms with Gasteiger partial charge in [-0.1, -0.05) is 13.0 Å². The van der Waals surface area contributed by atoms with Crippen LogP contribution in [0, 0.1) is 19.7 Å². The molecule has 1 unspecified atom stereocenters. The van der Waals surface area contributed by atoms with Crippen molar-refractivity contribution < 1.29 is 14.0 Å². The van der Waals surface area contributed by atoms with Crippen LogP contribution in [0.15, 0.2) is 18.2 Å². The number of aryl methyl sites for hydroxylation is 2. The van der Waals surface area contributed by atoms with Gasteiger partial charge in [0.2, 0.25) is 0 Å². The van der Waals surface area contributed by atoms with Gasteiger partial charge >= 0.3 is 0 Å². The van der Waals surface area contributed by atoms with Gasteiger partial charge in [-0.15, -0.1) is 0 Å². The third-order valence-electron chi connectivity index (χ3n) is 5.42. The number of hydrogen-bond acceptors (Lipinski definition) is 3. The topological polar surface area (TPSA) is 65.2 Å². The number of amides is 1. The van der Waals surface area contributed by atoms with Crippen molar-refractivity contribution in [2.75, 3.05) is 18.0 Å². The molecule has 1 saturated heterocycles. The van der Waals surface area contributed by atoms with Crippen LogP contribution < -0.4 is 10.2 Å². The average molecular weight is 385 g/mol. The predicted molar refractivity (Wildman–Crippen MR) is 109 cm³/mol. The van der Waals surface area contributed by atoms with Crippen molar-refractivity contribution in [1.82, 2.24) is 10.3 Å². The zero-order chi connectivity index (χ0) is 20.4. The lowest BCUT2D eigenvalue weighted by molar-refractivity contribution is 0.0927. The normalized spacial score (nSPS) is 16.9. The zero-order valence-corrected chi connectivity index (χ0v) is 17.0. The Bertz CT molecular complexity index is 903. The number of anilines is 1. The number of aromatic nitrogens is 1. The number of carbonyl (C=O) groups excluding carboxylic acids is 2. The van der Waals surface area contributed by atoms with Gasteiger partial charge in [-0.3, -0.25) is 9.59 Å². The summed E-state index contributed by atoms with van der Waals surface area (Å²) in [6.45, 7) is 8.55. The summed E-state index contributed by atoms with van der Waals surface area (Å²) in [6.07, 6.45) is 2.32. The average Bonchev–Trinajstić information content (AvgIpc) is 3.00. The summed E-state index contributed by atoms with van der Waals surface area (Å²) in [5.74, 6) is -0.482.